The summed E-state index contributed by atoms with van der Waals surface area (Å²) in [6.07, 6.45) is 0. The van der Waals surface area contributed by atoms with Gasteiger partial charge in [-0.25, -0.2) is 0 Å². The van der Waals surface area contributed by atoms with Crippen LogP contribution < -0.4 is 10.6 Å². The predicted molar refractivity (Wildman–Crippen MR) is 28.6 cm³/mol. The van der Waals surface area contributed by atoms with E-state index in [4.69, 9.17) is 5.21 Å². The molecule has 4 heteroatoms. The van der Waals surface area contributed by atoms with Gasteiger partial charge in [-0.3, -0.25) is 0 Å². The second-order valence-electron chi connectivity index (χ2n) is 2.17. The Labute approximate surface area is 53.5 Å². The van der Waals surface area contributed by atoms with Gasteiger partial charge in [0.05, 0.1) is 12.0 Å². The summed E-state index contributed by atoms with van der Waals surface area (Å²) in [5.74, 6) is -1.45. The fourth-order valence-electron chi connectivity index (χ4n) is 0.474. The highest BCUT2D eigenvalue weighted by Crippen LogP contribution is 1.97. The summed E-state index contributed by atoms with van der Waals surface area (Å²) in [5.41, 5.74) is 1.64. The Bertz CT molecular complexity index is 102. The van der Waals surface area contributed by atoms with Crippen LogP contribution in [0.1, 0.15) is 13.8 Å². The van der Waals surface area contributed by atoms with E-state index < -0.39 is 12.0 Å². The fraction of sp³-hybridized carbons (Fsp3) is 0.800. The molecule has 0 fully saturated rings. The summed E-state index contributed by atoms with van der Waals surface area (Å²) >= 11 is 0. The van der Waals surface area contributed by atoms with E-state index >= 15 is 0 Å². The first kappa shape index (κ1) is 8.39. The standard InChI is InChI=1S/C5H11NO3/c1-3(2)4(6-9)5(7)8/h3-4,6,9H,1-2H3,(H,7,8)/p-1. The van der Waals surface area contributed by atoms with Crippen molar-refractivity contribution in [2.45, 2.75) is 19.9 Å². The van der Waals surface area contributed by atoms with E-state index in [2.05, 4.69) is 0 Å². The monoisotopic (exact) mass is 132 g/mol. The maximum Gasteiger partial charge on any atom is 0.0737 e. The summed E-state index contributed by atoms with van der Waals surface area (Å²) < 4.78 is 0. The van der Waals surface area contributed by atoms with Gasteiger partial charge in [-0.2, -0.15) is 5.48 Å². The highest BCUT2D eigenvalue weighted by Gasteiger charge is 2.11. The lowest BCUT2D eigenvalue weighted by Gasteiger charge is -2.18. The summed E-state index contributed by atoms with van der Waals surface area (Å²) in [4.78, 5) is 10.0. The first-order valence-corrected chi connectivity index (χ1v) is 2.70. The van der Waals surface area contributed by atoms with Crippen molar-refractivity contribution in [2.24, 2.45) is 5.92 Å². The highest BCUT2D eigenvalue weighted by molar-refractivity contribution is 5.71. The molecule has 0 aromatic carbocycles. The number of carboxylic acid groups (broad SMARTS) is 1. The number of carbonyl (C=O) groups is 1. The Hall–Kier alpha value is -0.610. The summed E-state index contributed by atoms with van der Waals surface area (Å²) in [6.45, 7) is 3.34. The summed E-state index contributed by atoms with van der Waals surface area (Å²) in [7, 11) is 0. The van der Waals surface area contributed by atoms with Gasteiger partial charge in [0, 0.05) is 0 Å². The van der Waals surface area contributed by atoms with Gasteiger partial charge in [0.1, 0.15) is 0 Å². The van der Waals surface area contributed by atoms with E-state index in [0.717, 1.165) is 0 Å². The molecule has 0 radical (unpaired) electrons. The number of aliphatic carboxylic acids is 1. The van der Waals surface area contributed by atoms with Gasteiger partial charge in [0.25, 0.3) is 0 Å². The third-order valence-corrected chi connectivity index (χ3v) is 1.06. The van der Waals surface area contributed by atoms with Gasteiger partial charge in [-0.1, -0.05) is 13.8 Å². The largest absolute Gasteiger partial charge is 0.548 e. The Balaban J connectivity index is 3.83. The Morgan fingerprint density at radius 3 is 2.11 bits per heavy atom. The molecule has 0 rings (SSSR count). The Morgan fingerprint density at radius 2 is 2.11 bits per heavy atom. The minimum Gasteiger partial charge on any atom is -0.548 e. The Morgan fingerprint density at radius 1 is 1.67 bits per heavy atom. The molecule has 0 heterocycles. The first-order valence-electron chi connectivity index (χ1n) is 2.70. The van der Waals surface area contributed by atoms with Gasteiger partial charge >= 0.3 is 0 Å². The topological polar surface area (TPSA) is 72.4 Å². The second kappa shape index (κ2) is 3.42. The number of hydroxylamine groups is 1. The van der Waals surface area contributed by atoms with Gasteiger partial charge < -0.3 is 15.1 Å². The molecule has 0 aliphatic heterocycles. The van der Waals surface area contributed by atoms with Crippen LogP contribution in [0.25, 0.3) is 0 Å². The van der Waals surface area contributed by atoms with Crippen molar-refractivity contribution in [3.05, 3.63) is 0 Å². The van der Waals surface area contributed by atoms with Crippen molar-refractivity contribution in [2.75, 3.05) is 0 Å². The van der Waals surface area contributed by atoms with Crippen LogP contribution in [0.4, 0.5) is 0 Å². The van der Waals surface area contributed by atoms with Crippen LogP contribution in [0, 0.1) is 5.92 Å². The molecule has 0 bridgehead atoms. The van der Waals surface area contributed by atoms with Gasteiger partial charge in [0.2, 0.25) is 0 Å². The number of carboxylic acids is 1. The molecule has 1 unspecified atom stereocenters. The van der Waals surface area contributed by atoms with Crippen LogP contribution in [0.15, 0.2) is 0 Å². The average molecular weight is 132 g/mol. The molecule has 0 amide bonds. The minimum absolute atomic E-state index is 0.167. The smallest absolute Gasteiger partial charge is 0.0737 e. The zero-order valence-electron chi connectivity index (χ0n) is 5.42. The van der Waals surface area contributed by atoms with Crippen molar-refractivity contribution in [3.63, 3.8) is 0 Å². The van der Waals surface area contributed by atoms with Crippen LogP contribution in [-0.4, -0.2) is 17.2 Å². The predicted octanol–water partition coefficient (Wildman–Crippen LogP) is -1.26. The highest BCUT2D eigenvalue weighted by atomic mass is 16.5. The molecular weight excluding hydrogens is 122 g/mol. The molecule has 0 aliphatic rings. The molecular formula is C5H10NO3-. The van der Waals surface area contributed by atoms with Crippen LogP contribution in [0.5, 0.6) is 0 Å². The third kappa shape index (κ3) is 2.43. The molecule has 0 saturated carbocycles. The molecule has 0 aromatic heterocycles. The number of carbonyl (C=O) groups excluding carboxylic acids is 1. The molecule has 54 valence electrons. The molecule has 9 heavy (non-hydrogen) atoms. The molecule has 1 atom stereocenters. The van der Waals surface area contributed by atoms with Crippen molar-refractivity contribution < 1.29 is 15.1 Å². The van der Waals surface area contributed by atoms with Crippen LogP contribution in [0.3, 0.4) is 0 Å². The van der Waals surface area contributed by atoms with Crippen molar-refractivity contribution in [3.8, 4) is 0 Å². The Kier molecular flexibility index (Phi) is 3.19. The van der Waals surface area contributed by atoms with Gasteiger partial charge in [0.15, 0.2) is 0 Å². The molecule has 0 aromatic rings. The van der Waals surface area contributed by atoms with E-state index in [9.17, 15) is 9.90 Å². The minimum atomic E-state index is -1.28. The lowest BCUT2D eigenvalue weighted by molar-refractivity contribution is -0.311. The summed E-state index contributed by atoms with van der Waals surface area (Å²) in [6, 6.07) is -0.968. The van der Waals surface area contributed by atoms with E-state index in [1.165, 1.54) is 0 Å². The SMILES string of the molecule is CC(C)C(NO)C(=O)[O-]. The molecule has 4 nitrogen and oxygen atoms in total. The number of hydrogen-bond acceptors (Lipinski definition) is 4. The first-order chi connectivity index (χ1) is 4.09. The van der Waals surface area contributed by atoms with E-state index in [-0.39, 0.29) is 5.92 Å². The number of nitrogens with one attached hydrogen (secondary N) is 1. The lowest BCUT2D eigenvalue weighted by Crippen LogP contribution is -2.47. The van der Waals surface area contributed by atoms with Gasteiger partial charge in [-0.05, 0) is 5.92 Å². The normalized spacial score (nSPS) is 13.8. The zero-order valence-corrected chi connectivity index (χ0v) is 5.42. The summed E-state index contributed by atoms with van der Waals surface area (Å²) in [5, 5.41) is 18.2. The lowest BCUT2D eigenvalue weighted by atomic mass is 10.1. The zero-order chi connectivity index (χ0) is 7.44. The fourth-order valence-corrected chi connectivity index (χ4v) is 0.474. The van der Waals surface area contributed by atoms with Crippen molar-refractivity contribution >= 4 is 5.97 Å². The van der Waals surface area contributed by atoms with E-state index in [0.29, 0.717) is 0 Å². The van der Waals surface area contributed by atoms with Crippen molar-refractivity contribution in [1.29, 1.82) is 0 Å². The third-order valence-electron chi connectivity index (χ3n) is 1.06. The molecule has 0 spiro atoms. The van der Waals surface area contributed by atoms with E-state index in [1.54, 1.807) is 19.3 Å². The maximum absolute atomic E-state index is 10.0. The van der Waals surface area contributed by atoms with Crippen LogP contribution in [-0.2, 0) is 4.79 Å². The van der Waals surface area contributed by atoms with Crippen LogP contribution >= 0.6 is 0 Å². The second-order valence-corrected chi connectivity index (χ2v) is 2.17. The van der Waals surface area contributed by atoms with E-state index in [1.807, 2.05) is 0 Å². The maximum atomic E-state index is 10.0. The molecule has 0 aliphatic carbocycles. The quantitative estimate of drug-likeness (QED) is 0.470. The molecule has 0 saturated heterocycles. The molecule has 2 N–H and O–H groups in total. The number of hydrogen-bond donors (Lipinski definition) is 2. The average Bonchev–Trinajstić information content (AvgIpc) is 1.64. The van der Waals surface area contributed by atoms with Crippen molar-refractivity contribution in [1.82, 2.24) is 5.48 Å². The van der Waals surface area contributed by atoms with Crippen LogP contribution in [0.2, 0.25) is 0 Å². The number of rotatable bonds is 3. The van der Waals surface area contributed by atoms with Gasteiger partial charge in [-0.15, -0.1) is 0 Å².